The van der Waals surface area contributed by atoms with Gasteiger partial charge in [0.15, 0.2) is 22.8 Å². The zero-order chi connectivity index (χ0) is 37.9. The first-order valence-corrected chi connectivity index (χ1v) is 16.5. The molecule has 0 spiro atoms. The standard InChI is InChI=1S/C36H41F3N10O4/c1-46(2)21-27(43-32-13-15-49-35(45-32)26(19-42-49)23-16-29(50-5)33(52-7)30(17-23)51-6)28(47(3)4)20-40-31-12-14-48-34(44-31)25(18-41-48)22-8-10-24(11-9-22)53-36(37,38)39/h8-19,27-28H,20-21H2,1-7H3,(H,40,44)(H,43,45). The number of likely N-dealkylation sites (N-methyl/N-ethyl adjacent to an activating group) is 2. The maximum atomic E-state index is 12.7. The van der Waals surface area contributed by atoms with Crippen LogP contribution in [0.4, 0.5) is 24.8 Å². The van der Waals surface area contributed by atoms with Gasteiger partial charge in [0, 0.05) is 42.7 Å². The normalized spacial score (nSPS) is 13.1. The number of hydrogen-bond donors (Lipinski definition) is 2. The van der Waals surface area contributed by atoms with E-state index in [0.717, 1.165) is 11.1 Å². The highest BCUT2D eigenvalue weighted by Crippen LogP contribution is 2.42. The van der Waals surface area contributed by atoms with E-state index >= 15 is 0 Å². The average Bonchev–Trinajstić information content (AvgIpc) is 3.74. The molecule has 0 aliphatic heterocycles. The molecule has 0 amide bonds. The average molecular weight is 735 g/mol. The smallest absolute Gasteiger partial charge is 0.493 e. The molecule has 0 fully saturated rings. The van der Waals surface area contributed by atoms with Gasteiger partial charge in [0.1, 0.15) is 17.4 Å². The Labute approximate surface area is 304 Å². The Hall–Kier alpha value is -5.81. The van der Waals surface area contributed by atoms with Gasteiger partial charge in [-0.3, -0.25) is 0 Å². The first-order chi connectivity index (χ1) is 25.4. The molecule has 0 radical (unpaired) electrons. The van der Waals surface area contributed by atoms with Crippen molar-refractivity contribution in [2.45, 2.75) is 18.4 Å². The number of ether oxygens (including phenoxy) is 4. The summed E-state index contributed by atoms with van der Waals surface area (Å²) in [7, 11) is 12.8. The predicted molar refractivity (Wildman–Crippen MR) is 195 cm³/mol. The molecule has 4 aromatic heterocycles. The Morgan fingerprint density at radius 2 is 1.32 bits per heavy atom. The number of hydrogen-bond acceptors (Lipinski definition) is 12. The third-order valence-corrected chi connectivity index (χ3v) is 8.63. The lowest BCUT2D eigenvalue weighted by Gasteiger charge is -2.35. The van der Waals surface area contributed by atoms with Gasteiger partial charge in [-0.15, -0.1) is 13.2 Å². The number of fused-ring (bicyclic) bond motifs is 2. The molecular formula is C36H41F3N10O4. The number of alkyl halides is 3. The molecule has 2 aromatic carbocycles. The van der Waals surface area contributed by atoms with Crippen LogP contribution in [0.3, 0.4) is 0 Å². The monoisotopic (exact) mass is 734 g/mol. The van der Waals surface area contributed by atoms with Crippen LogP contribution in [0.5, 0.6) is 23.0 Å². The van der Waals surface area contributed by atoms with Crippen LogP contribution >= 0.6 is 0 Å². The van der Waals surface area contributed by atoms with E-state index in [9.17, 15) is 13.2 Å². The van der Waals surface area contributed by atoms with E-state index < -0.39 is 6.36 Å². The molecule has 4 heterocycles. The summed E-state index contributed by atoms with van der Waals surface area (Å²) in [4.78, 5) is 14.1. The Kier molecular flexibility index (Phi) is 10.8. The summed E-state index contributed by atoms with van der Waals surface area (Å²) in [5.74, 6) is 2.52. The van der Waals surface area contributed by atoms with Gasteiger partial charge in [-0.25, -0.2) is 19.0 Å². The first kappa shape index (κ1) is 37.0. The zero-order valence-electron chi connectivity index (χ0n) is 30.3. The molecule has 2 unspecified atom stereocenters. The summed E-state index contributed by atoms with van der Waals surface area (Å²) >= 11 is 0. The molecule has 2 N–H and O–H groups in total. The largest absolute Gasteiger partial charge is 0.573 e. The highest BCUT2D eigenvalue weighted by Gasteiger charge is 2.31. The minimum Gasteiger partial charge on any atom is -0.493 e. The predicted octanol–water partition coefficient (Wildman–Crippen LogP) is 5.41. The van der Waals surface area contributed by atoms with E-state index in [1.54, 1.807) is 61.1 Å². The van der Waals surface area contributed by atoms with Gasteiger partial charge >= 0.3 is 6.36 Å². The lowest BCUT2D eigenvalue weighted by atomic mass is 10.1. The van der Waals surface area contributed by atoms with Gasteiger partial charge in [-0.1, -0.05) is 12.1 Å². The van der Waals surface area contributed by atoms with Crippen LogP contribution in [-0.4, -0.2) is 120 Å². The van der Waals surface area contributed by atoms with Crippen LogP contribution in [0.15, 0.2) is 73.3 Å². The van der Waals surface area contributed by atoms with Gasteiger partial charge in [0.05, 0.1) is 39.8 Å². The number of methoxy groups -OCH3 is 3. The summed E-state index contributed by atoms with van der Waals surface area (Å²) in [5.41, 5.74) is 4.09. The minimum absolute atomic E-state index is 0.0431. The fourth-order valence-corrected chi connectivity index (χ4v) is 6.14. The summed E-state index contributed by atoms with van der Waals surface area (Å²) in [5, 5.41) is 16.1. The number of aromatic nitrogens is 6. The second-order valence-corrected chi connectivity index (χ2v) is 12.7. The van der Waals surface area contributed by atoms with Crippen LogP contribution < -0.4 is 29.6 Å². The fraction of sp³-hybridized carbons (Fsp3) is 0.333. The van der Waals surface area contributed by atoms with Gasteiger partial charge in [0.2, 0.25) is 5.75 Å². The summed E-state index contributed by atoms with van der Waals surface area (Å²) in [6.45, 7) is 1.20. The maximum absolute atomic E-state index is 12.7. The van der Waals surface area contributed by atoms with Crippen molar-refractivity contribution in [3.05, 3.63) is 73.3 Å². The molecule has 14 nitrogen and oxygen atoms in total. The molecular weight excluding hydrogens is 693 g/mol. The van der Waals surface area contributed by atoms with Crippen LogP contribution in [0.1, 0.15) is 0 Å². The molecule has 6 aromatic rings. The maximum Gasteiger partial charge on any atom is 0.573 e. The Balaban J connectivity index is 1.24. The topological polar surface area (TPSA) is 128 Å². The third-order valence-electron chi connectivity index (χ3n) is 8.63. The van der Waals surface area contributed by atoms with Gasteiger partial charge in [0.25, 0.3) is 0 Å². The molecule has 6 rings (SSSR count). The van der Waals surface area contributed by atoms with E-state index in [4.69, 9.17) is 24.2 Å². The molecule has 280 valence electrons. The van der Waals surface area contributed by atoms with Crippen LogP contribution in [-0.2, 0) is 0 Å². The number of benzene rings is 2. The summed E-state index contributed by atoms with van der Waals surface area (Å²) in [6, 6.07) is 12.9. The Morgan fingerprint density at radius 1 is 0.755 bits per heavy atom. The second kappa shape index (κ2) is 15.4. The molecule has 0 saturated carbocycles. The second-order valence-electron chi connectivity index (χ2n) is 12.7. The van der Waals surface area contributed by atoms with Crippen molar-refractivity contribution in [3.8, 4) is 45.3 Å². The Bertz CT molecular complexity index is 2140. The van der Waals surface area contributed by atoms with Crippen LogP contribution in [0, 0.1) is 0 Å². The number of halogens is 3. The molecule has 0 aliphatic rings. The lowest BCUT2D eigenvalue weighted by molar-refractivity contribution is -0.274. The summed E-state index contributed by atoms with van der Waals surface area (Å²) < 4.78 is 62.0. The molecule has 0 bridgehead atoms. The Morgan fingerprint density at radius 3 is 1.85 bits per heavy atom. The van der Waals surface area contributed by atoms with E-state index in [1.807, 2.05) is 58.7 Å². The van der Waals surface area contributed by atoms with Gasteiger partial charge < -0.3 is 39.4 Å². The van der Waals surface area contributed by atoms with E-state index in [1.165, 1.54) is 12.1 Å². The van der Waals surface area contributed by atoms with Crippen molar-refractivity contribution < 1.29 is 32.1 Å². The molecule has 2 atom stereocenters. The highest BCUT2D eigenvalue weighted by molar-refractivity contribution is 5.81. The third kappa shape index (κ3) is 8.31. The first-order valence-electron chi connectivity index (χ1n) is 16.5. The van der Waals surface area contributed by atoms with Crippen LogP contribution in [0.25, 0.3) is 33.5 Å². The van der Waals surface area contributed by atoms with Crippen molar-refractivity contribution in [2.24, 2.45) is 0 Å². The SMILES string of the molecule is COc1cc(-c2cnn3ccc(NC(CN(C)C)C(CNc4ccn5ncc(-c6ccc(OC(F)(F)F)cc6)c5n4)N(C)C)nc23)cc(OC)c1OC. The van der Waals surface area contributed by atoms with Crippen molar-refractivity contribution in [1.82, 2.24) is 39.0 Å². The minimum atomic E-state index is -4.77. The lowest BCUT2D eigenvalue weighted by Crippen LogP contribution is -2.52. The number of rotatable bonds is 15. The van der Waals surface area contributed by atoms with Crippen LogP contribution in [0.2, 0.25) is 0 Å². The summed E-state index contributed by atoms with van der Waals surface area (Å²) in [6.07, 6.45) is 2.26. The quantitative estimate of drug-likeness (QED) is 0.140. The molecule has 0 saturated heterocycles. The number of anilines is 2. The molecule has 0 aliphatic carbocycles. The van der Waals surface area contributed by atoms with Crippen molar-refractivity contribution in [2.75, 3.05) is 73.2 Å². The van der Waals surface area contributed by atoms with Crippen molar-refractivity contribution in [1.29, 1.82) is 0 Å². The number of nitrogens with one attached hydrogen (secondary N) is 2. The highest BCUT2D eigenvalue weighted by atomic mass is 19.4. The van der Waals surface area contributed by atoms with Crippen molar-refractivity contribution in [3.63, 3.8) is 0 Å². The molecule has 17 heteroatoms. The van der Waals surface area contributed by atoms with E-state index in [0.29, 0.717) is 64.4 Å². The number of nitrogens with zero attached hydrogens (tertiary/aromatic N) is 8. The fourth-order valence-electron chi connectivity index (χ4n) is 6.14. The van der Waals surface area contributed by atoms with Gasteiger partial charge in [-0.2, -0.15) is 10.2 Å². The van der Waals surface area contributed by atoms with Gasteiger partial charge in [-0.05, 0) is 75.7 Å². The molecule has 53 heavy (non-hydrogen) atoms. The van der Waals surface area contributed by atoms with Crippen molar-refractivity contribution >= 4 is 22.9 Å². The van der Waals surface area contributed by atoms with E-state index in [-0.39, 0.29) is 17.8 Å². The zero-order valence-corrected chi connectivity index (χ0v) is 30.3. The van der Waals surface area contributed by atoms with E-state index in [2.05, 4.69) is 35.4 Å².